The van der Waals surface area contributed by atoms with E-state index in [0.29, 0.717) is 0 Å². The highest BCUT2D eigenvalue weighted by molar-refractivity contribution is 4.89. The molecule has 2 nitrogen and oxygen atoms in total. The van der Waals surface area contributed by atoms with Crippen molar-refractivity contribution in [2.75, 3.05) is 19.6 Å². The maximum atomic E-state index is 3.44. The van der Waals surface area contributed by atoms with Gasteiger partial charge in [-0.2, -0.15) is 0 Å². The summed E-state index contributed by atoms with van der Waals surface area (Å²) in [5, 5.41) is 3.44. The Morgan fingerprint density at radius 3 is 2.67 bits per heavy atom. The smallest absolute Gasteiger partial charge is 0.0111 e. The number of hydrogen-bond donors (Lipinski definition) is 1. The predicted molar refractivity (Wildman–Crippen MR) is 51.2 cm³/mol. The van der Waals surface area contributed by atoms with E-state index in [1.54, 1.807) is 0 Å². The van der Waals surface area contributed by atoms with Crippen molar-refractivity contribution < 1.29 is 0 Å². The van der Waals surface area contributed by atoms with Crippen molar-refractivity contribution in [2.24, 2.45) is 5.92 Å². The molecule has 0 amide bonds. The molecule has 0 aliphatic carbocycles. The van der Waals surface area contributed by atoms with E-state index in [4.69, 9.17) is 0 Å². The van der Waals surface area contributed by atoms with Gasteiger partial charge < -0.3 is 5.32 Å². The van der Waals surface area contributed by atoms with Crippen LogP contribution in [0.1, 0.15) is 26.7 Å². The summed E-state index contributed by atoms with van der Waals surface area (Å²) in [6, 6.07) is 1.66. The average Bonchev–Trinajstić information content (AvgIpc) is 2.53. The normalized spacial score (nSPS) is 39.5. The van der Waals surface area contributed by atoms with Crippen molar-refractivity contribution in [3.05, 3.63) is 0 Å². The van der Waals surface area contributed by atoms with Crippen LogP contribution in [0.3, 0.4) is 0 Å². The highest BCUT2D eigenvalue weighted by atomic mass is 15.2. The highest BCUT2D eigenvalue weighted by Crippen LogP contribution is 2.26. The minimum atomic E-state index is 0.809. The van der Waals surface area contributed by atoms with E-state index in [-0.39, 0.29) is 0 Å². The molecule has 3 atom stereocenters. The fraction of sp³-hybridized carbons (Fsp3) is 1.00. The van der Waals surface area contributed by atoms with Crippen LogP contribution in [0.15, 0.2) is 0 Å². The third-order valence-corrected chi connectivity index (χ3v) is 3.68. The van der Waals surface area contributed by atoms with Crippen molar-refractivity contribution in [1.82, 2.24) is 10.2 Å². The van der Waals surface area contributed by atoms with Gasteiger partial charge in [0.1, 0.15) is 0 Å². The molecule has 2 aliphatic heterocycles. The molecule has 0 radical (unpaired) electrons. The Morgan fingerprint density at radius 2 is 2.25 bits per heavy atom. The zero-order valence-corrected chi connectivity index (χ0v) is 8.21. The van der Waals surface area contributed by atoms with E-state index >= 15 is 0 Å². The van der Waals surface area contributed by atoms with Gasteiger partial charge in [0.2, 0.25) is 0 Å². The third kappa shape index (κ3) is 1.38. The van der Waals surface area contributed by atoms with Crippen molar-refractivity contribution >= 4 is 0 Å². The van der Waals surface area contributed by atoms with Gasteiger partial charge >= 0.3 is 0 Å². The minimum Gasteiger partial charge on any atom is -0.316 e. The highest BCUT2D eigenvalue weighted by Gasteiger charge is 2.33. The van der Waals surface area contributed by atoms with Crippen LogP contribution in [0.4, 0.5) is 0 Å². The molecule has 1 N–H and O–H groups in total. The van der Waals surface area contributed by atoms with Crippen LogP contribution in [0, 0.1) is 5.92 Å². The Balaban J connectivity index is 1.86. The number of rotatable bonds is 2. The zero-order chi connectivity index (χ0) is 8.55. The molecule has 0 spiro atoms. The number of nitrogens with one attached hydrogen (secondary N) is 1. The van der Waals surface area contributed by atoms with Crippen LogP contribution < -0.4 is 5.32 Å². The van der Waals surface area contributed by atoms with Gasteiger partial charge in [0.05, 0.1) is 0 Å². The van der Waals surface area contributed by atoms with Crippen LogP contribution in [0.25, 0.3) is 0 Å². The van der Waals surface area contributed by atoms with E-state index in [0.717, 1.165) is 18.0 Å². The molecule has 2 aliphatic rings. The molecule has 0 bridgehead atoms. The van der Waals surface area contributed by atoms with Crippen LogP contribution in [-0.2, 0) is 0 Å². The summed E-state index contributed by atoms with van der Waals surface area (Å²) in [6.07, 6.45) is 2.79. The van der Waals surface area contributed by atoms with Crippen molar-refractivity contribution in [3.63, 3.8) is 0 Å². The van der Waals surface area contributed by atoms with Gasteiger partial charge in [-0.25, -0.2) is 0 Å². The Kier molecular flexibility index (Phi) is 2.37. The number of nitrogens with zero attached hydrogens (tertiary/aromatic N) is 1. The van der Waals surface area contributed by atoms with E-state index in [9.17, 15) is 0 Å². The maximum Gasteiger partial charge on any atom is 0.0111 e. The molecule has 70 valence electrons. The van der Waals surface area contributed by atoms with Crippen LogP contribution >= 0.6 is 0 Å². The first-order valence-corrected chi connectivity index (χ1v) is 5.25. The summed E-state index contributed by atoms with van der Waals surface area (Å²) < 4.78 is 0. The van der Waals surface area contributed by atoms with Crippen LogP contribution in [0.2, 0.25) is 0 Å². The third-order valence-electron chi connectivity index (χ3n) is 3.68. The van der Waals surface area contributed by atoms with Crippen molar-refractivity contribution in [1.29, 1.82) is 0 Å². The molecule has 3 unspecified atom stereocenters. The van der Waals surface area contributed by atoms with Gasteiger partial charge in [-0.15, -0.1) is 0 Å². The minimum absolute atomic E-state index is 0.809. The maximum absolute atomic E-state index is 3.44. The van der Waals surface area contributed by atoms with E-state index < -0.39 is 0 Å². The van der Waals surface area contributed by atoms with Gasteiger partial charge in [0.25, 0.3) is 0 Å². The quantitative estimate of drug-likeness (QED) is 0.663. The van der Waals surface area contributed by atoms with E-state index in [2.05, 4.69) is 24.1 Å². The molecule has 2 fully saturated rings. The molecular formula is C10H20N2. The van der Waals surface area contributed by atoms with Gasteiger partial charge in [0.15, 0.2) is 0 Å². The molecule has 0 saturated carbocycles. The summed E-state index contributed by atoms with van der Waals surface area (Å²) in [6.45, 7) is 8.55. The van der Waals surface area contributed by atoms with Crippen LogP contribution in [0.5, 0.6) is 0 Å². The summed E-state index contributed by atoms with van der Waals surface area (Å²) in [5.74, 6) is 0.910. The summed E-state index contributed by atoms with van der Waals surface area (Å²) >= 11 is 0. The lowest BCUT2D eigenvalue weighted by molar-refractivity contribution is 0.0360. The molecular weight excluding hydrogens is 148 g/mol. The fourth-order valence-corrected chi connectivity index (χ4v) is 2.50. The number of hydrogen-bond acceptors (Lipinski definition) is 2. The Hall–Kier alpha value is -0.0800. The second kappa shape index (κ2) is 3.35. The van der Waals surface area contributed by atoms with Crippen molar-refractivity contribution in [3.8, 4) is 0 Å². The fourth-order valence-electron chi connectivity index (χ4n) is 2.50. The molecule has 0 aromatic heterocycles. The first kappa shape index (κ1) is 8.52. The topological polar surface area (TPSA) is 15.3 Å². The Morgan fingerprint density at radius 1 is 1.42 bits per heavy atom. The lowest BCUT2D eigenvalue weighted by Crippen LogP contribution is -2.53. The van der Waals surface area contributed by atoms with Crippen LogP contribution in [-0.4, -0.2) is 36.6 Å². The SMILES string of the molecule is CC1CCN1C(C)C1CCNC1. The summed E-state index contributed by atoms with van der Waals surface area (Å²) in [7, 11) is 0. The standard InChI is InChI=1S/C10H20N2/c1-8-4-6-12(8)9(2)10-3-5-11-7-10/h8-11H,3-7H2,1-2H3. The first-order valence-electron chi connectivity index (χ1n) is 5.25. The lowest BCUT2D eigenvalue weighted by Gasteiger charge is -2.45. The predicted octanol–water partition coefficient (Wildman–Crippen LogP) is 1.08. The van der Waals surface area contributed by atoms with Gasteiger partial charge in [-0.1, -0.05) is 0 Å². The Labute approximate surface area is 75.3 Å². The first-order chi connectivity index (χ1) is 5.79. The van der Waals surface area contributed by atoms with Gasteiger partial charge in [-0.3, -0.25) is 4.90 Å². The van der Waals surface area contributed by atoms with Gasteiger partial charge in [0, 0.05) is 18.6 Å². The van der Waals surface area contributed by atoms with Crippen molar-refractivity contribution in [2.45, 2.75) is 38.8 Å². The molecule has 2 heteroatoms. The Bertz CT molecular complexity index is 150. The molecule has 2 saturated heterocycles. The average molecular weight is 168 g/mol. The monoisotopic (exact) mass is 168 g/mol. The van der Waals surface area contributed by atoms with E-state index in [1.165, 1.54) is 32.5 Å². The summed E-state index contributed by atoms with van der Waals surface area (Å²) in [4.78, 5) is 2.65. The number of likely N-dealkylation sites (tertiary alicyclic amines) is 1. The molecule has 2 heterocycles. The molecule has 12 heavy (non-hydrogen) atoms. The summed E-state index contributed by atoms with van der Waals surface area (Å²) in [5.41, 5.74) is 0. The second-order valence-electron chi connectivity index (χ2n) is 4.37. The lowest BCUT2D eigenvalue weighted by atomic mass is 9.93. The van der Waals surface area contributed by atoms with E-state index in [1.807, 2.05) is 0 Å². The second-order valence-corrected chi connectivity index (χ2v) is 4.37. The van der Waals surface area contributed by atoms with Gasteiger partial charge in [-0.05, 0) is 45.7 Å². The zero-order valence-electron chi connectivity index (χ0n) is 8.21. The largest absolute Gasteiger partial charge is 0.316 e. The molecule has 2 rings (SSSR count). The molecule has 0 aromatic carbocycles. The molecule has 0 aromatic rings.